The quantitative estimate of drug-likeness (QED) is 0.340. The number of hydrogen-bond donors (Lipinski definition) is 1. The highest BCUT2D eigenvalue weighted by Crippen LogP contribution is 1.86. The Kier molecular flexibility index (Phi) is 4.54. The second kappa shape index (κ2) is 4.62. The van der Waals surface area contributed by atoms with Gasteiger partial charge in [-0.25, -0.2) is 0 Å². The summed E-state index contributed by atoms with van der Waals surface area (Å²) in [7, 11) is -1.96. The minimum absolute atomic E-state index is 0.0519. The van der Waals surface area contributed by atoms with Gasteiger partial charge in [-0.15, -0.1) is 0 Å². The normalized spacial score (nSPS) is 11.8. The summed E-state index contributed by atoms with van der Waals surface area (Å²) >= 11 is 0. The van der Waals surface area contributed by atoms with E-state index in [0.29, 0.717) is 0 Å². The van der Waals surface area contributed by atoms with Gasteiger partial charge >= 0.3 is 0 Å². The first-order valence-electron chi connectivity index (χ1n) is 2.75. The zero-order chi connectivity index (χ0) is 8.04. The number of rotatable bonds is 5. The fourth-order valence-electron chi connectivity index (χ4n) is 0.232. The lowest BCUT2D eigenvalue weighted by molar-refractivity contribution is 0.0728. The van der Waals surface area contributed by atoms with Gasteiger partial charge < -0.3 is 4.74 Å². The lowest BCUT2D eigenvalue weighted by Gasteiger charge is -2.01. The standard InChI is InChI=1S/C4H11NO4S/c1-3-10(6,7)9-5-4-8-2/h5H,3-4H2,1-2H3. The molecule has 0 aromatic rings. The third-order valence-electron chi connectivity index (χ3n) is 0.743. The van der Waals surface area contributed by atoms with Gasteiger partial charge in [-0.05, 0) is 6.92 Å². The number of nitrogens with one attached hydrogen (secondary N) is 1. The van der Waals surface area contributed by atoms with Crippen molar-refractivity contribution in [2.75, 3.05) is 19.6 Å². The van der Waals surface area contributed by atoms with Crippen LogP contribution in [0, 0.1) is 0 Å². The molecule has 0 aliphatic rings. The Balaban J connectivity index is 3.49. The fourth-order valence-corrected chi connectivity index (χ4v) is 0.577. The van der Waals surface area contributed by atoms with Gasteiger partial charge in [-0.2, -0.15) is 18.2 Å². The van der Waals surface area contributed by atoms with E-state index in [0.717, 1.165) is 0 Å². The predicted molar refractivity (Wildman–Crippen MR) is 35.6 cm³/mol. The molecule has 0 saturated heterocycles. The van der Waals surface area contributed by atoms with Crippen molar-refractivity contribution in [2.24, 2.45) is 0 Å². The highest BCUT2D eigenvalue weighted by Gasteiger charge is 2.05. The molecule has 0 atom stereocenters. The molecular weight excluding hydrogens is 158 g/mol. The van der Waals surface area contributed by atoms with Crippen molar-refractivity contribution in [1.82, 2.24) is 5.48 Å². The van der Waals surface area contributed by atoms with Crippen LogP contribution in [0.3, 0.4) is 0 Å². The molecule has 0 amide bonds. The van der Waals surface area contributed by atoms with Gasteiger partial charge in [0.25, 0.3) is 10.1 Å². The monoisotopic (exact) mass is 169 g/mol. The Hall–Kier alpha value is -0.170. The maximum Gasteiger partial charge on any atom is 0.283 e. The molecule has 0 rings (SSSR count). The molecule has 0 aliphatic heterocycles. The van der Waals surface area contributed by atoms with Crippen LogP contribution in [0.4, 0.5) is 0 Å². The van der Waals surface area contributed by atoms with Crippen LogP contribution in [0.25, 0.3) is 0 Å². The van der Waals surface area contributed by atoms with E-state index in [1.165, 1.54) is 14.0 Å². The first-order chi connectivity index (χ1) is 4.62. The molecule has 5 nitrogen and oxygen atoms in total. The zero-order valence-electron chi connectivity index (χ0n) is 5.96. The van der Waals surface area contributed by atoms with Crippen LogP contribution in [0.5, 0.6) is 0 Å². The van der Waals surface area contributed by atoms with Crippen LogP contribution >= 0.6 is 0 Å². The second-order valence-electron chi connectivity index (χ2n) is 1.51. The summed E-state index contributed by atoms with van der Waals surface area (Å²) in [6, 6.07) is 0. The van der Waals surface area contributed by atoms with Gasteiger partial charge in [-0.3, -0.25) is 0 Å². The summed E-state index contributed by atoms with van der Waals surface area (Å²) in [4.78, 5) is 0. The number of ether oxygens (including phenoxy) is 1. The van der Waals surface area contributed by atoms with E-state index < -0.39 is 10.1 Å². The highest BCUT2D eigenvalue weighted by molar-refractivity contribution is 7.86. The van der Waals surface area contributed by atoms with Crippen molar-refractivity contribution in [3.05, 3.63) is 0 Å². The summed E-state index contributed by atoms with van der Waals surface area (Å²) in [6.45, 7) is 1.54. The summed E-state index contributed by atoms with van der Waals surface area (Å²) in [5, 5.41) is 0. The Morgan fingerprint density at radius 3 is 2.50 bits per heavy atom. The highest BCUT2D eigenvalue weighted by atomic mass is 32.2. The topological polar surface area (TPSA) is 64.6 Å². The van der Waals surface area contributed by atoms with Crippen molar-refractivity contribution >= 4 is 10.1 Å². The average Bonchev–Trinajstić information content (AvgIpc) is 1.89. The molecule has 10 heavy (non-hydrogen) atoms. The summed E-state index contributed by atoms with van der Waals surface area (Å²) in [6.07, 6.45) is 0. The van der Waals surface area contributed by atoms with Crippen molar-refractivity contribution in [2.45, 2.75) is 6.92 Å². The minimum atomic E-state index is -3.38. The fraction of sp³-hybridized carbons (Fsp3) is 1.00. The summed E-state index contributed by atoms with van der Waals surface area (Å²) in [5.41, 5.74) is 2.12. The number of hydrogen-bond acceptors (Lipinski definition) is 5. The molecule has 0 unspecified atom stereocenters. The van der Waals surface area contributed by atoms with Crippen LogP contribution in [0.1, 0.15) is 6.92 Å². The molecule has 0 aromatic heterocycles. The van der Waals surface area contributed by atoms with Crippen LogP contribution in [0.15, 0.2) is 0 Å². The SMILES string of the molecule is CCS(=O)(=O)ONCOC. The van der Waals surface area contributed by atoms with Crippen LogP contribution in [0.2, 0.25) is 0 Å². The van der Waals surface area contributed by atoms with E-state index in [1.54, 1.807) is 0 Å². The molecule has 0 radical (unpaired) electrons. The molecule has 62 valence electrons. The van der Waals surface area contributed by atoms with E-state index in [1.807, 2.05) is 0 Å². The van der Waals surface area contributed by atoms with Crippen LogP contribution in [-0.4, -0.2) is 28.0 Å². The third-order valence-corrected chi connectivity index (χ3v) is 1.82. The van der Waals surface area contributed by atoms with Gasteiger partial charge in [0.05, 0.1) is 5.75 Å². The lowest BCUT2D eigenvalue weighted by Crippen LogP contribution is -2.23. The van der Waals surface area contributed by atoms with Crippen molar-refractivity contribution in [3.63, 3.8) is 0 Å². The molecular formula is C4H11NO4S. The average molecular weight is 169 g/mol. The molecule has 0 spiro atoms. The van der Waals surface area contributed by atoms with Crippen molar-refractivity contribution in [1.29, 1.82) is 0 Å². The van der Waals surface area contributed by atoms with E-state index >= 15 is 0 Å². The van der Waals surface area contributed by atoms with E-state index in [9.17, 15) is 8.42 Å². The lowest BCUT2D eigenvalue weighted by atomic mass is 11.0. The molecule has 0 fully saturated rings. The Labute approximate surface area is 60.4 Å². The first-order valence-corrected chi connectivity index (χ1v) is 4.33. The van der Waals surface area contributed by atoms with Gasteiger partial charge in [0.2, 0.25) is 0 Å². The molecule has 0 aliphatic carbocycles. The largest absolute Gasteiger partial charge is 0.367 e. The number of methoxy groups -OCH3 is 1. The molecule has 0 heterocycles. The zero-order valence-corrected chi connectivity index (χ0v) is 6.77. The summed E-state index contributed by atoms with van der Waals surface area (Å²) < 4.78 is 29.8. The Morgan fingerprint density at radius 2 is 2.10 bits per heavy atom. The van der Waals surface area contributed by atoms with Gasteiger partial charge in [0, 0.05) is 7.11 Å². The Morgan fingerprint density at radius 1 is 1.50 bits per heavy atom. The Bertz CT molecular complexity index is 164. The van der Waals surface area contributed by atoms with E-state index in [-0.39, 0.29) is 12.5 Å². The maximum absolute atomic E-state index is 10.5. The third kappa shape index (κ3) is 4.68. The second-order valence-corrected chi connectivity index (χ2v) is 3.37. The molecule has 0 aromatic carbocycles. The van der Waals surface area contributed by atoms with Gasteiger partial charge in [0.1, 0.15) is 6.73 Å². The molecule has 6 heteroatoms. The maximum atomic E-state index is 10.5. The number of hydroxylamine groups is 1. The van der Waals surface area contributed by atoms with Crippen LogP contribution in [-0.2, 0) is 19.1 Å². The van der Waals surface area contributed by atoms with Gasteiger partial charge in [-0.1, -0.05) is 0 Å². The van der Waals surface area contributed by atoms with Crippen LogP contribution < -0.4 is 5.48 Å². The first kappa shape index (κ1) is 9.83. The predicted octanol–water partition coefficient (Wildman–Crippen LogP) is -0.539. The van der Waals surface area contributed by atoms with Crippen molar-refractivity contribution in [3.8, 4) is 0 Å². The molecule has 0 saturated carbocycles. The minimum Gasteiger partial charge on any atom is -0.367 e. The van der Waals surface area contributed by atoms with Gasteiger partial charge in [0.15, 0.2) is 0 Å². The summed E-state index contributed by atoms with van der Waals surface area (Å²) in [5.74, 6) is -0.0519. The smallest absolute Gasteiger partial charge is 0.283 e. The van der Waals surface area contributed by atoms with E-state index in [4.69, 9.17) is 0 Å². The molecule has 1 N–H and O–H groups in total. The molecule has 0 bridgehead atoms. The van der Waals surface area contributed by atoms with E-state index in [2.05, 4.69) is 14.5 Å². The van der Waals surface area contributed by atoms with Crippen molar-refractivity contribution < 1.29 is 17.4 Å².